The molecule has 10 heteroatoms. The van der Waals surface area contributed by atoms with Crippen molar-refractivity contribution in [1.82, 2.24) is 4.90 Å². The maximum atomic E-state index is 12.9. The molecule has 0 aliphatic carbocycles. The molecule has 1 fully saturated rings. The van der Waals surface area contributed by atoms with Crippen LogP contribution in [0.15, 0.2) is 18.2 Å². The Morgan fingerprint density at radius 3 is 2.54 bits per heavy atom. The van der Waals surface area contributed by atoms with Gasteiger partial charge in [-0.3, -0.25) is 4.79 Å². The summed E-state index contributed by atoms with van der Waals surface area (Å²) in [5.74, 6) is -5.08. The Labute approximate surface area is 140 Å². The van der Waals surface area contributed by atoms with Crippen LogP contribution in [-0.2, 0) is 4.79 Å². The normalized spacial score (nSPS) is 20.8. The molecular formula is C14H14ClF3N2O4. The van der Waals surface area contributed by atoms with E-state index in [0.29, 0.717) is 5.02 Å². The number of likely N-dealkylation sites (tertiary alicyclic amines) is 1. The average molecular weight is 367 g/mol. The molecule has 1 aromatic carbocycles. The van der Waals surface area contributed by atoms with Gasteiger partial charge in [0.1, 0.15) is 5.75 Å². The number of carboxylic acids is 1. The van der Waals surface area contributed by atoms with E-state index in [0.717, 1.165) is 4.90 Å². The molecule has 0 aromatic heterocycles. The molecule has 1 aromatic rings. The zero-order chi connectivity index (χ0) is 18.1. The molecule has 1 aliphatic heterocycles. The summed E-state index contributed by atoms with van der Waals surface area (Å²) >= 11 is 5.84. The number of amides is 2. The Morgan fingerprint density at radius 1 is 1.38 bits per heavy atom. The van der Waals surface area contributed by atoms with Crippen molar-refractivity contribution in [2.75, 3.05) is 25.5 Å². The Bertz CT molecular complexity index is 653. The summed E-state index contributed by atoms with van der Waals surface area (Å²) in [6, 6.07) is 3.50. The molecule has 2 N–H and O–H groups in total. The molecule has 1 aliphatic rings. The summed E-state index contributed by atoms with van der Waals surface area (Å²) in [5.41, 5.74) is 0.267. The lowest BCUT2D eigenvalue weighted by Crippen LogP contribution is -2.35. The van der Waals surface area contributed by atoms with Gasteiger partial charge in [0.05, 0.1) is 24.0 Å². The summed E-state index contributed by atoms with van der Waals surface area (Å²) in [6.07, 6.45) is -4.69. The summed E-state index contributed by atoms with van der Waals surface area (Å²) in [4.78, 5) is 24.0. The molecule has 2 atom stereocenters. The SMILES string of the molecule is COc1cc(NC(=O)N2C[C@@H](C(F)(F)F)[C@H](C(=O)O)C2)ccc1Cl. The maximum Gasteiger partial charge on any atom is 0.394 e. The molecule has 2 rings (SSSR count). The molecule has 0 bridgehead atoms. The van der Waals surface area contributed by atoms with E-state index in [1.54, 1.807) is 0 Å². The average Bonchev–Trinajstić information content (AvgIpc) is 2.95. The van der Waals surface area contributed by atoms with Crippen molar-refractivity contribution in [2.45, 2.75) is 6.18 Å². The molecule has 0 spiro atoms. The van der Waals surface area contributed by atoms with Crippen LogP contribution in [0.25, 0.3) is 0 Å². The summed E-state index contributed by atoms with van der Waals surface area (Å²) in [5, 5.41) is 11.7. The number of aliphatic carboxylic acids is 1. The monoisotopic (exact) mass is 366 g/mol. The molecule has 0 unspecified atom stereocenters. The minimum Gasteiger partial charge on any atom is -0.495 e. The topological polar surface area (TPSA) is 78.9 Å². The van der Waals surface area contributed by atoms with Gasteiger partial charge in [0.25, 0.3) is 0 Å². The van der Waals surface area contributed by atoms with E-state index in [4.69, 9.17) is 21.4 Å². The number of methoxy groups -OCH3 is 1. The number of urea groups is 1. The molecular weight excluding hydrogens is 353 g/mol. The van der Waals surface area contributed by atoms with Crippen molar-refractivity contribution in [3.8, 4) is 5.75 Å². The predicted octanol–water partition coefficient (Wildman–Crippen LogP) is 3.08. The third kappa shape index (κ3) is 3.84. The maximum absolute atomic E-state index is 12.9. The van der Waals surface area contributed by atoms with E-state index >= 15 is 0 Å². The second-order valence-corrected chi connectivity index (χ2v) is 5.68. The first kappa shape index (κ1) is 18.2. The van der Waals surface area contributed by atoms with Gasteiger partial charge in [-0.2, -0.15) is 13.2 Å². The minimum absolute atomic E-state index is 0.267. The summed E-state index contributed by atoms with van der Waals surface area (Å²) < 4.78 is 43.8. The number of carboxylic acid groups (broad SMARTS) is 1. The number of hydrogen-bond donors (Lipinski definition) is 2. The van der Waals surface area contributed by atoms with Crippen LogP contribution in [0.1, 0.15) is 0 Å². The number of carbonyl (C=O) groups excluding carboxylic acids is 1. The van der Waals surface area contributed by atoms with E-state index < -0.39 is 43.1 Å². The number of benzene rings is 1. The molecule has 6 nitrogen and oxygen atoms in total. The summed E-state index contributed by atoms with van der Waals surface area (Å²) in [7, 11) is 1.37. The van der Waals surface area contributed by atoms with Crippen molar-refractivity contribution in [2.24, 2.45) is 11.8 Å². The van der Waals surface area contributed by atoms with Crippen LogP contribution in [0.2, 0.25) is 5.02 Å². The number of hydrogen-bond acceptors (Lipinski definition) is 3. The first-order valence-corrected chi connectivity index (χ1v) is 7.20. The van der Waals surface area contributed by atoms with Gasteiger partial charge in [-0.05, 0) is 12.1 Å². The number of nitrogens with one attached hydrogen (secondary N) is 1. The molecule has 24 heavy (non-hydrogen) atoms. The number of anilines is 1. The fraction of sp³-hybridized carbons (Fsp3) is 0.429. The number of nitrogens with zero attached hydrogens (tertiary/aromatic N) is 1. The molecule has 0 radical (unpaired) electrons. The number of halogens is 4. The molecule has 1 heterocycles. The number of ether oxygens (including phenoxy) is 1. The van der Waals surface area contributed by atoms with Gasteiger partial charge in [0, 0.05) is 24.8 Å². The molecule has 132 valence electrons. The third-order valence-electron chi connectivity index (χ3n) is 3.75. The lowest BCUT2D eigenvalue weighted by Gasteiger charge is -2.19. The highest BCUT2D eigenvalue weighted by atomic mass is 35.5. The van der Waals surface area contributed by atoms with E-state index in [2.05, 4.69) is 5.32 Å². The fourth-order valence-corrected chi connectivity index (χ4v) is 2.69. The van der Waals surface area contributed by atoms with E-state index in [1.807, 2.05) is 0 Å². The van der Waals surface area contributed by atoms with Crippen LogP contribution < -0.4 is 10.1 Å². The van der Waals surface area contributed by atoms with Gasteiger partial charge in [0.2, 0.25) is 0 Å². The Morgan fingerprint density at radius 2 is 2.04 bits per heavy atom. The van der Waals surface area contributed by atoms with Gasteiger partial charge >= 0.3 is 18.2 Å². The van der Waals surface area contributed by atoms with Crippen molar-refractivity contribution < 1.29 is 32.6 Å². The van der Waals surface area contributed by atoms with Crippen LogP contribution in [0.3, 0.4) is 0 Å². The summed E-state index contributed by atoms with van der Waals surface area (Å²) in [6.45, 7) is -1.23. The Hall–Kier alpha value is -2.16. The Balaban J connectivity index is 2.12. The lowest BCUT2D eigenvalue weighted by molar-refractivity contribution is -0.187. The third-order valence-corrected chi connectivity index (χ3v) is 4.06. The van der Waals surface area contributed by atoms with Gasteiger partial charge in [-0.15, -0.1) is 0 Å². The largest absolute Gasteiger partial charge is 0.495 e. The second kappa shape index (κ2) is 6.76. The van der Waals surface area contributed by atoms with Gasteiger partial charge in [0.15, 0.2) is 0 Å². The van der Waals surface area contributed by atoms with Gasteiger partial charge in [-0.25, -0.2) is 4.79 Å². The quantitative estimate of drug-likeness (QED) is 0.861. The van der Waals surface area contributed by atoms with Crippen LogP contribution in [0.5, 0.6) is 5.75 Å². The second-order valence-electron chi connectivity index (χ2n) is 5.28. The van der Waals surface area contributed by atoms with Gasteiger partial charge < -0.3 is 20.1 Å². The first-order chi connectivity index (χ1) is 11.1. The molecule has 2 amide bonds. The highest BCUT2D eigenvalue weighted by Gasteiger charge is 2.53. The standard InChI is InChI=1S/C14H14ClF3N2O4/c1-24-11-4-7(2-3-10(11)15)19-13(23)20-5-8(12(21)22)9(6-20)14(16,17)18/h2-4,8-9H,5-6H2,1H3,(H,19,23)(H,21,22)/t8-,9-/m1/s1. The van der Waals surface area contributed by atoms with E-state index in [1.165, 1.54) is 25.3 Å². The van der Waals surface area contributed by atoms with E-state index in [-0.39, 0.29) is 11.4 Å². The molecule has 0 saturated carbocycles. The lowest BCUT2D eigenvalue weighted by atomic mass is 9.96. The van der Waals surface area contributed by atoms with Crippen molar-refractivity contribution in [1.29, 1.82) is 0 Å². The zero-order valence-electron chi connectivity index (χ0n) is 12.4. The van der Waals surface area contributed by atoms with Crippen molar-refractivity contribution in [3.63, 3.8) is 0 Å². The Kier molecular flexibility index (Phi) is 5.12. The minimum atomic E-state index is -4.69. The van der Waals surface area contributed by atoms with E-state index in [9.17, 15) is 22.8 Å². The van der Waals surface area contributed by atoms with Crippen molar-refractivity contribution >= 4 is 29.3 Å². The molecule has 1 saturated heterocycles. The van der Waals surface area contributed by atoms with Crippen LogP contribution >= 0.6 is 11.6 Å². The van der Waals surface area contributed by atoms with Gasteiger partial charge in [-0.1, -0.05) is 11.6 Å². The van der Waals surface area contributed by atoms with Crippen LogP contribution in [0, 0.1) is 11.8 Å². The predicted molar refractivity (Wildman–Crippen MR) is 79.3 cm³/mol. The fourth-order valence-electron chi connectivity index (χ4n) is 2.49. The van der Waals surface area contributed by atoms with Crippen LogP contribution in [-0.4, -0.2) is 48.4 Å². The smallest absolute Gasteiger partial charge is 0.394 e. The van der Waals surface area contributed by atoms with Crippen molar-refractivity contribution in [3.05, 3.63) is 23.2 Å². The highest BCUT2D eigenvalue weighted by molar-refractivity contribution is 6.32. The van der Waals surface area contributed by atoms with Crippen LogP contribution in [0.4, 0.5) is 23.7 Å². The number of carbonyl (C=O) groups is 2. The number of alkyl halides is 3. The number of rotatable bonds is 3. The zero-order valence-corrected chi connectivity index (χ0v) is 13.2. The first-order valence-electron chi connectivity index (χ1n) is 6.82. The highest BCUT2D eigenvalue weighted by Crippen LogP contribution is 2.38.